The standard InChI is InChI=1S/C10H8F4N4O/c11-8-2-1-6(5-7(8)10(12,13)14)9(19)16-3-4-17-18-15/h1-2,5H,3-4H2,(H,16,19). The minimum Gasteiger partial charge on any atom is -0.352 e. The van der Waals surface area contributed by atoms with Crippen molar-refractivity contribution in [1.29, 1.82) is 0 Å². The number of amides is 1. The Hall–Kier alpha value is -2.28. The fourth-order valence-electron chi connectivity index (χ4n) is 1.25. The summed E-state index contributed by atoms with van der Waals surface area (Å²) in [7, 11) is 0. The Morgan fingerprint density at radius 1 is 1.42 bits per heavy atom. The number of carbonyl (C=O) groups is 1. The van der Waals surface area contributed by atoms with Crippen LogP contribution in [0.5, 0.6) is 0 Å². The molecular formula is C10H8F4N4O. The van der Waals surface area contributed by atoms with Crippen LogP contribution in [-0.4, -0.2) is 19.0 Å². The second kappa shape index (κ2) is 6.05. The van der Waals surface area contributed by atoms with Gasteiger partial charge in [-0.15, -0.1) is 0 Å². The van der Waals surface area contributed by atoms with E-state index in [4.69, 9.17) is 5.53 Å². The van der Waals surface area contributed by atoms with Crippen molar-refractivity contribution in [2.24, 2.45) is 5.11 Å². The summed E-state index contributed by atoms with van der Waals surface area (Å²) in [5.41, 5.74) is 6.16. The lowest BCUT2D eigenvalue weighted by atomic mass is 10.1. The van der Waals surface area contributed by atoms with Gasteiger partial charge in [0.25, 0.3) is 5.91 Å². The molecule has 0 saturated heterocycles. The van der Waals surface area contributed by atoms with Crippen LogP contribution in [0.2, 0.25) is 0 Å². The van der Waals surface area contributed by atoms with Crippen molar-refractivity contribution in [3.05, 3.63) is 45.6 Å². The topological polar surface area (TPSA) is 77.9 Å². The molecule has 0 aliphatic heterocycles. The highest BCUT2D eigenvalue weighted by Crippen LogP contribution is 2.31. The third kappa shape index (κ3) is 4.14. The molecule has 0 saturated carbocycles. The Kier molecular flexibility index (Phi) is 4.71. The Bertz CT molecular complexity index is 523. The average Bonchev–Trinajstić information content (AvgIpc) is 2.33. The third-order valence-electron chi connectivity index (χ3n) is 2.09. The molecule has 1 aromatic rings. The van der Waals surface area contributed by atoms with E-state index in [1.165, 1.54) is 0 Å². The van der Waals surface area contributed by atoms with Crippen LogP contribution in [0.3, 0.4) is 0 Å². The van der Waals surface area contributed by atoms with E-state index in [1.807, 2.05) is 0 Å². The molecule has 0 fully saturated rings. The number of carbonyl (C=O) groups excluding carboxylic acids is 1. The Labute approximate surface area is 104 Å². The monoisotopic (exact) mass is 276 g/mol. The number of alkyl halides is 3. The van der Waals surface area contributed by atoms with Crippen molar-refractivity contribution in [3.63, 3.8) is 0 Å². The fourth-order valence-corrected chi connectivity index (χ4v) is 1.25. The summed E-state index contributed by atoms with van der Waals surface area (Å²) in [6, 6.07) is 1.94. The van der Waals surface area contributed by atoms with E-state index in [0.29, 0.717) is 12.1 Å². The molecule has 1 amide bonds. The number of nitrogens with one attached hydrogen (secondary N) is 1. The summed E-state index contributed by atoms with van der Waals surface area (Å²) in [5, 5.41) is 5.37. The van der Waals surface area contributed by atoms with Crippen molar-refractivity contribution in [3.8, 4) is 0 Å². The normalized spacial score (nSPS) is 10.7. The smallest absolute Gasteiger partial charge is 0.352 e. The van der Waals surface area contributed by atoms with Gasteiger partial charge in [0.1, 0.15) is 5.82 Å². The van der Waals surface area contributed by atoms with E-state index in [-0.39, 0.29) is 18.7 Å². The van der Waals surface area contributed by atoms with E-state index >= 15 is 0 Å². The molecule has 1 N–H and O–H groups in total. The lowest BCUT2D eigenvalue weighted by Crippen LogP contribution is -2.26. The minimum absolute atomic E-state index is 0.0262. The van der Waals surface area contributed by atoms with Gasteiger partial charge < -0.3 is 5.32 Å². The molecule has 9 heteroatoms. The Morgan fingerprint density at radius 2 is 2.11 bits per heavy atom. The van der Waals surface area contributed by atoms with Crippen LogP contribution in [0.15, 0.2) is 23.3 Å². The van der Waals surface area contributed by atoms with Gasteiger partial charge in [-0.3, -0.25) is 4.79 Å². The lowest BCUT2D eigenvalue weighted by Gasteiger charge is -2.10. The zero-order valence-electron chi connectivity index (χ0n) is 9.41. The molecule has 0 spiro atoms. The van der Waals surface area contributed by atoms with E-state index in [9.17, 15) is 22.4 Å². The van der Waals surface area contributed by atoms with Crippen molar-refractivity contribution in [1.82, 2.24) is 5.32 Å². The van der Waals surface area contributed by atoms with Crippen LogP contribution in [0.4, 0.5) is 17.6 Å². The molecular weight excluding hydrogens is 268 g/mol. The second-order valence-corrected chi connectivity index (χ2v) is 3.40. The van der Waals surface area contributed by atoms with Gasteiger partial charge in [-0.1, -0.05) is 5.11 Å². The second-order valence-electron chi connectivity index (χ2n) is 3.40. The van der Waals surface area contributed by atoms with Crippen LogP contribution in [0.25, 0.3) is 10.4 Å². The predicted octanol–water partition coefficient (Wildman–Crippen LogP) is 2.88. The van der Waals surface area contributed by atoms with Crippen LogP contribution < -0.4 is 5.32 Å². The fraction of sp³-hybridized carbons (Fsp3) is 0.300. The van der Waals surface area contributed by atoms with Crippen molar-refractivity contribution in [2.75, 3.05) is 13.1 Å². The molecule has 0 bridgehead atoms. The van der Waals surface area contributed by atoms with Gasteiger partial charge in [-0.2, -0.15) is 13.2 Å². The SMILES string of the molecule is [N-]=[N+]=NCCNC(=O)c1ccc(F)c(C(F)(F)F)c1. The summed E-state index contributed by atoms with van der Waals surface area (Å²) in [6.45, 7) is -0.0583. The first-order valence-corrected chi connectivity index (χ1v) is 5.02. The zero-order chi connectivity index (χ0) is 14.5. The number of hydrogen-bond donors (Lipinski definition) is 1. The highest BCUT2D eigenvalue weighted by Gasteiger charge is 2.34. The molecule has 1 rings (SSSR count). The van der Waals surface area contributed by atoms with E-state index in [1.54, 1.807) is 0 Å². The van der Waals surface area contributed by atoms with Crippen LogP contribution >= 0.6 is 0 Å². The maximum atomic E-state index is 13.0. The maximum Gasteiger partial charge on any atom is 0.419 e. The summed E-state index contributed by atoms with van der Waals surface area (Å²) < 4.78 is 50.2. The molecule has 0 radical (unpaired) electrons. The molecule has 0 aromatic heterocycles. The van der Waals surface area contributed by atoms with Crippen molar-refractivity contribution >= 4 is 5.91 Å². The van der Waals surface area contributed by atoms with E-state index < -0.39 is 23.5 Å². The highest BCUT2D eigenvalue weighted by molar-refractivity contribution is 5.94. The molecule has 0 aliphatic rings. The maximum absolute atomic E-state index is 13.0. The van der Waals surface area contributed by atoms with Crippen molar-refractivity contribution in [2.45, 2.75) is 6.18 Å². The summed E-state index contributed by atoms with van der Waals surface area (Å²) in [4.78, 5) is 13.9. The van der Waals surface area contributed by atoms with Crippen LogP contribution in [0.1, 0.15) is 15.9 Å². The zero-order valence-corrected chi connectivity index (χ0v) is 9.41. The number of nitrogens with zero attached hydrogens (tertiary/aromatic N) is 3. The summed E-state index contributed by atoms with van der Waals surface area (Å²) in [6.07, 6.45) is -4.87. The largest absolute Gasteiger partial charge is 0.419 e. The molecule has 0 unspecified atom stereocenters. The van der Waals surface area contributed by atoms with Gasteiger partial charge >= 0.3 is 6.18 Å². The van der Waals surface area contributed by atoms with E-state index in [2.05, 4.69) is 15.3 Å². The predicted molar refractivity (Wildman–Crippen MR) is 57.7 cm³/mol. The van der Waals surface area contributed by atoms with Gasteiger partial charge in [-0.25, -0.2) is 4.39 Å². The molecule has 19 heavy (non-hydrogen) atoms. The number of halogens is 4. The van der Waals surface area contributed by atoms with Gasteiger partial charge in [0.15, 0.2) is 0 Å². The molecule has 0 heterocycles. The molecule has 0 aliphatic carbocycles. The van der Waals surface area contributed by atoms with Gasteiger partial charge in [-0.05, 0) is 23.7 Å². The van der Waals surface area contributed by atoms with Crippen LogP contribution in [0, 0.1) is 5.82 Å². The average molecular weight is 276 g/mol. The van der Waals surface area contributed by atoms with Gasteiger partial charge in [0.05, 0.1) is 5.56 Å². The van der Waals surface area contributed by atoms with Crippen molar-refractivity contribution < 1.29 is 22.4 Å². The first-order valence-electron chi connectivity index (χ1n) is 5.02. The number of azide groups is 1. The third-order valence-corrected chi connectivity index (χ3v) is 2.09. The number of rotatable bonds is 4. The Morgan fingerprint density at radius 3 is 2.68 bits per heavy atom. The number of hydrogen-bond acceptors (Lipinski definition) is 2. The van der Waals surface area contributed by atoms with Gasteiger partial charge in [0, 0.05) is 23.6 Å². The number of benzene rings is 1. The Balaban J connectivity index is 2.84. The molecule has 5 nitrogen and oxygen atoms in total. The molecule has 102 valence electrons. The quantitative estimate of drug-likeness (QED) is 0.296. The van der Waals surface area contributed by atoms with E-state index in [0.717, 1.165) is 6.07 Å². The first kappa shape index (κ1) is 14.8. The minimum atomic E-state index is -4.87. The van der Waals surface area contributed by atoms with Gasteiger partial charge in [0.2, 0.25) is 0 Å². The first-order chi connectivity index (χ1) is 8.86. The lowest BCUT2D eigenvalue weighted by molar-refractivity contribution is -0.140. The molecule has 1 aromatic carbocycles. The summed E-state index contributed by atoms with van der Waals surface area (Å²) in [5.74, 6) is -2.25. The molecule has 0 atom stereocenters. The summed E-state index contributed by atoms with van der Waals surface area (Å²) >= 11 is 0. The van der Waals surface area contributed by atoms with Crippen LogP contribution in [-0.2, 0) is 6.18 Å². The highest BCUT2D eigenvalue weighted by atomic mass is 19.4.